The minimum atomic E-state index is -4.64. The standard InChI is InChI=1S/C9H12N2OS.H3O4P/c1-6-13-8-9(1)7-10-11-2-4-12-5-3-11;1-5(2,3)4/h1,6-8H,2-5H2;(H3,1,2,3,4). The number of nitrogens with zero attached hydrogens (tertiary/aromatic N) is 2. The quantitative estimate of drug-likeness (QED) is 0.542. The van der Waals surface area contributed by atoms with E-state index >= 15 is 0 Å². The molecule has 9 heteroatoms. The molecule has 0 aromatic carbocycles. The Hall–Kier alpha value is -0.760. The Morgan fingerprint density at radius 2 is 2.00 bits per heavy atom. The van der Waals surface area contributed by atoms with Crippen molar-refractivity contribution in [1.29, 1.82) is 0 Å². The first-order valence-electron chi connectivity index (χ1n) is 5.12. The summed E-state index contributed by atoms with van der Waals surface area (Å²) in [5, 5.41) is 10.5. The topological polar surface area (TPSA) is 103 Å². The van der Waals surface area contributed by atoms with Gasteiger partial charge in [-0.05, 0) is 16.8 Å². The van der Waals surface area contributed by atoms with Crippen LogP contribution in [-0.2, 0) is 9.30 Å². The Labute approximate surface area is 109 Å². The lowest BCUT2D eigenvalue weighted by Crippen LogP contribution is -2.32. The molecule has 1 saturated heterocycles. The maximum atomic E-state index is 8.88. The third kappa shape index (κ3) is 8.35. The summed E-state index contributed by atoms with van der Waals surface area (Å²) >= 11 is 1.69. The van der Waals surface area contributed by atoms with Gasteiger partial charge < -0.3 is 19.4 Å². The molecule has 0 unspecified atom stereocenters. The van der Waals surface area contributed by atoms with E-state index in [9.17, 15) is 0 Å². The van der Waals surface area contributed by atoms with E-state index in [-0.39, 0.29) is 0 Å². The molecule has 1 aliphatic rings. The summed E-state index contributed by atoms with van der Waals surface area (Å²) in [6, 6.07) is 2.06. The van der Waals surface area contributed by atoms with Crippen molar-refractivity contribution < 1.29 is 24.0 Å². The SMILES string of the molecule is C(=NN1CCOCC1)c1ccsc1.O=P(O)(O)O. The molecule has 0 aliphatic carbocycles. The number of ether oxygens (including phenoxy) is 1. The zero-order chi connectivity index (χ0) is 13.4. The fourth-order valence-corrected chi connectivity index (χ4v) is 1.78. The average Bonchev–Trinajstić information content (AvgIpc) is 2.78. The number of hydrazone groups is 1. The fraction of sp³-hybridized carbons (Fsp3) is 0.444. The van der Waals surface area contributed by atoms with Crippen LogP contribution in [0.5, 0.6) is 0 Å². The van der Waals surface area contributed by atoms with Gasteiger partial charge in [0.2, 0.25) is 0 Å². The van der Waals surface area contributed by atoms with Crippen molar-refractivity contribution in [1.82, 2.24) is 5.01 Å². The molecule has 0 amide bonds. The summed E-state index contributed by atoms with van der Waals surface area (Å²) in [7, 11) is -4.64. The Morgan fingerprint density at radius 3 is 2.50 bits per heavy atom. The second-order valence-corrected chi connectivity index (χ2v) is 5.19. The van der Waals surface area contributed by atoms with Crippen LogP contribution < -0.4 is 0 Å². The monoisotopic (exact) mass is 294 g/mol. The first-order chi connectivity index (χ1) is 8.45. The van der Waals surface area contributed by atoms with Gasteiger partial charge in [-0.25, -0.2) is 4.57 Å². The van der Waals surface area contributed by atoms with Gasteiger partial charge >= 0.3 is 7.82 Å². The van der Waals surface area contributed by atoms with Crippen molar-refractivity contribution in [3.8, 4) is 0 Å². The third-order valence-corrected chi connectivity index (χ3v) is 2.60. The van der Waals surface area contributed by atoms with Crippen LogP contribution in [0.25, 0.3) is 0 Å². The van der Waals surface area contributed by atoms with Gasteiger partial charge in [0.15, 0.2) is 0 Å². The van der Waals surface area contributed by atoms with E-state index in [2.05, 4.69) is 21.9 Å². The predicted molar refractivity (Wildman–Crippen MR) is 68.6 cm³/mol. The molecule has 2 heterocycles. The Balaban J connectivity index is 0.000000280. The molecular weight excluding hydrogens is 279 g/mol. The summed E-state index contributed by atoms with van der Waals surface area (Å²) in [6.07, 6.45) is 1.90. The normalized spacial score (nSPS) is 16.5. The van der Waals surface area contributed by atoms with Crippen molar-refractivity contribution in [3.63, 3.8) is 0 Å². The summed E-state index contributed by atoms with van der Waals surface area (Å²) in [5.41, 5.74) is 1.18. The number of morpholine rings is 1. The molecule has 1 aromatic heterocycles. The second kappa shape index (κ2) is 7.63. The van der Waals surface area contributed by atoms with E-state index in [0.717, 1.165) is 26.3 Å². The van der Waals surface area contributed by atoms with Crippen LogP contribution in [0.4, 0.5) is 0 Å². The van der Waals surface area contributed by atoms with Gasteiger partial charge in [-0.15, -0.1) is 0 Å². The summed E-state index contributed by atoms with van der Waals surface area (Å²) < 4.78 is 14.1. The van der Waals surface area contributed by atoms with Gasteiger partial charge in [-0.1, -0.05) is 0 Å². The molecule has 3 N–H and O–H groups in total. The fourth-order valence-electron chi connectivity index (χ4n) is 1.17. The predicted octanol–water partition coefficient (Wildman–Crippen LogP) is 0.486. The van der Waals surface area contributed by atoms with Crippen LogP contribution in [0.15, 0.2) is 21.9 Å². The highest BCUT2D eigenvalue weighted by Gasteiger charge is 2.05. The van der Waals surface area contributed by atoms with Crippen LogP contribution in [0.1, 0.15) is 5.56 Å². The number of hydrogen-bond acceptors (Lipinski definition) is 5. The van der Waals surface area contributed by atoms with E-state index in [1.807, 2.05) is 11.2 Å². The highest BCUT2D eigenvalue weighted by atomic mass is 32.1. The Morgan fingerprint density at radius 1 is 1.39 bits per heavy atom. The summed E-state index contributed by atoms with van der Waals surface area (Å²) in [5.74, 6) is 0. The minimum absolute atomic E-state index is 0.793. The van der Waals surface area contributed by atoms with Gasteiger partial charge in [0.05, 0.1) is 32.5 Å². The first-order valence-corrected chi connectivity index (χ1v) is 7.63. The molecule has 2 rings (SSSR count). The zero-order valence-corrected chi connectivity index (χ0v) is 11.3. The van der Waals surface area contributed by atoms with Crippen molar-refractivity contribution in [2.45, 2.75) is 0 Å². The van der Waals surface area contributed by atoms with Gasteiger partial charge in [0.1, 0.15) is 0 Å². The maximum absolute atomic E-state index is 8.88. The molecule has 0 saturated carbocycles. The third-order valence-electron chi connectivity index (χ3n) is 1.90. The van der Waals surface area contributed by atoms with Crippen LogP contribution in [0.3, 0.4) is 0 Å². The molecule has 0 radical (unpaired) electrons. The van der Waals surface area contributed by atoms with Crippen LogP contribution in [-0.4, -0.2) is 52.2 Å². The Bertz CT molecular complexity index is 391. The van der Waals surface area contributed by atoms with Crippen LogP contribution in [0.2, 0.25) is 0 Å². The van der Waals surface area contributed by atoms with Gasteiger partial charge in [0, 0.05) is 5.56 Å². The smallest absolute Gasteiger partial charge is 0.378 e. The lowest BCUT2D eigenvalue weighted by atomic mass is 10.4. The minimum Gasteiger partial charge on any atom is -0.378 e. The van der Waals surface area contributed by atoms with Crippen molar-refractivity contribution in [2.75, 3.05) is 26.3 Å². The van der Waals surface area contributed by atoms with Gasteiger partial charge in [-0.2, -0.15) is 16.4 Å². The van der Waals surface area contributed by atoms with Crippen LogP contribution in [0, 0.1) is 0 Å². The number of phosphoric acid groups is 1. The zero-order valence-electron chi connectivity index (χ0n) is 9.55. The maximum Gasteiger partial charge on any atom is 0.466 e. The number of hydrogen-bond donors (Lipinski definition) is 3. The van der Waals surface area contributed by atoms with E-state index in [4.69, 9.17) is 24.0 Å². The molecule has 0 spiro atoms. The van der Waals surface area contributed by atoms with E-state index in [1.165, 1.54) is 5.56 Å². The van der Waals surface area contributed by atoms with E-state index in [0.29, 0.717) is 0 Å². The number of thiophene rings is 1. The van der Waals surface area contributed by atoms with E-state index < -0.39 is 7.82 Å². The Kier molecular flexibility index (Phi) is 6.48. The first kappa shape index (κ1) is 15.3. The summed E-state index contributed by atoms with van der Waals surface area (Å²) in [6.45, 7) is 3.39. The van der Waals surface area contributed by atoms with Gasteiger partial charge in [0.25, 0.3) is 0 Å². The lowest BCUT2D eigenvalue weighted by Gasteiger charge is -2.23. The molecule has 0 atom stereocenters. The molecule has 7 nitrogen and oxygen atoms in total. The lowest BCUT2D eigenvalue weighted by molar-refractivity contribution is 0.0397. The molecule has 102 valence electrons. The molecule has 18 heavy (non-hydrogen) atoms. The average molecular weight is 294 g/mol. The molecule has 1 fully saturated rings. The van der Waals surface area contributed by atoms with Crippen molar-refractivity contribution in [2.24, 2.45) is 5.10 Å². The largest absolute Gasteiger partial charge is 0.466 e. The molecule has 1 aliphatic heterocycles. The van der Waals surface area contributed by atoms with Crippen molar-refractivity contribution in [3.05, 3.63) is 22.4 Å². The highest BCUT2D eigenvalue weighted by Crippen LogP contribution is 2.25. The summed E-state index contributed by atoms with van der Waals surface area (Å²) in [4.78, 5) is 21.6. The molecule has 1 aromatic rings. The second-order valence-electron chi connectivity index (χ2n) is 3.38. The molecule has 0 bridgehead atoms. The number of rotatable bonds is 2. The van der Waals surface area contributed by atoms with Crippen molar-refractivity contribution >= 4 is 25.4 Å². The van der Waals surface area contributed by atoms with E-state index in [1.54, 1.807) is 11.3 Å². The van der Waals surface area contributed by atoms with Crippen LogP contribution >= 0.6 is 19.2 Å². The van der Waals surface area contributed by atoms with Gasteiger partial charge in [-0.3, -0.25) is 5.01 Å². The highest BCUT2D eigenvalue weighted by molar-refractivity contribution is 7.45. The molecular formula is C9H15N2O5PS.